The van der Waals surface area contributed by atoms with Crippen molar-refractivity contribution in [2.75, 3.05) is 40.0 Å². The number of methoxy groups -OCH3 is 1. The normalized spacial score (nSPS) is 15.9. The molecule has 1 amide bonds. The number of nitrogens with zero attached hydrogens (tertiary/aromatic N) is 1. The number of hydrogen-bond donors (Lipinski definition) is 1. The molecular weight excluding hydrogens is 384 g/mol. The average molecular weight is 413 g/mol. The van der Waals surface area contributed by atoms with Crippen molar-refractivity contribution in [3.8, 4) is 0 Å². The summed E-state index contributed by atoms with van der Waals surface area (Å²) in [7, 11) is -1.99. The topological polar surface area (TPSA) is 102 Å². The number of sulfonamides is 1. The molecule has 0 bridgehead atoms. The number of rotatable bonds is 9. The van der Waals surface area contributed by atoms with Crippen LogP contribution in [0.1, 0.15) is 36.5 Å². The van der Waals surface area contributed by atoms with Crippen molar-refractivity contribution in [1.29, 1.82) is 0 Å². The molecule has 9 heteroatoms. The van der Waals surface area contributed by atoms with Crippen LogP contribution >= 0.6 is 0 Å². The third kappa shape index (κ3) is 6.29. The van der Waals surface area contributed by atoms with Gasteiger partial charge in [0.25, 0.3) is 5.91 Å². The zero-order valence-corrected chi connectivity index (χ0v) is 17.2. The molecule has 0 unspecified atom stereocenters. The number of ether oxygens (including phenoxy) is 2. The smallest absolute Gasteiger partial charge is 0.338 e. The number of nitrogens with one attached hydrogen (secondary N) is 1. The van der Waals surface area contributed by atoms with Crippen molar-refractivity contribution in [2.45, 2.75) is 31.1 Å². The lowest BCUT2D eigenvalue weighted by molar-refractivity contribution is -0.124. The van der Waals surface area contributed by atoms with Crippen LogP contribution in [0.15, 0.2) is 29.2 Å². The Kier molecular flexibility index (Phi) is 8.40. The van der Waals surface area contributed by atoms with Gasteiger partial charge in [-0.1, -0.05) is 6.92 Å². The summed E-state index contributed by atoms with van der Waals surface area (Å²) in [5.74, 6) is -0.550. The van der Waals surface area contributed by atoms with E-state index < -0.39 is 28.5 Å². The molecule has 28 heavy (non-hydrogen) atoms. The van der Waals surface area contributed by atoms with Crippen molar-refractivity contribution in [2.24, 2.45) is 5.92 Å². The van der Waals surface area contributed by atoms with Gasteiger partial charge in [-0.25, -0.2) is 13.2 Å². The number of amides is 1. The summed E-state index contributed by atoms with van der Waals surface area (Å²) in [5.41, 5.74) is 0.193. The zero-order chi connectivity index (χ0) is 20.6. The monoisotopic (exact) mass is 412 g/mol. The van der Waals surface area contributed by atoms with E-state index in [9.17, 15) is 18.0 Å². The van der Waals surface area contributed by atoms with Gasteiger partial charge in [0.05, 0.1) is 10.5 Å². The molecule has 1 saturated heterocycles. The Morgan fingerprint density at radius 1 is 1.18 bits per heavy atom. The van der Waals surface area contributed by atoms with Gasteiger partial charge in [0.1, 0.15) is 0 Å². The largest absolute Gasteiger partial charge is 0.452 e. The lowest BCUT2D eigenvalue weighted by atomic mass is 10.0. The molecule has 1 aromatic carbocycles. The minimum absolute atomic E-state index is 0.148. The summed E-state index contributed by atoms with van der Waals surface area (Å²) in [4.78, 5) is 23.8. The number of piperidine rings is 1. The predicted molar refractivity (Wildman–Crippen MR) is 103 cm³/mol. The molecule has 0 aliphatic carbocycles. The van der Waals surface area contributed by atoms with E-state index in [1.807, 2.05) is 0 Å². The second-order valence-corrected chi connectivity index (χ2v) is 8.82. The SMILES string of the molecule is COCCCNC(=O)COC(=O)c1ccc(S(=O)(=O)N2CCC(C)CC2)cc1. The van der Waals surface area contributed by atoms with Gasteiger partial charge in [0, 0.05) is 33.4 Å². The van der Waals surface area contributed by atoms with Crippen molar-refractivity contribution < 1.29 is 27.5 Å². The molecule has 0 aromatic heterocycles. The maximum absolute atomic E-state index is 12.7. The fourth-order valence-electron chi connectivity index (χ4n) is 2.85. The van der Waals surface area contributed by atoms with Gasteiger partial charge in [0.15, 0.2) is 6.61 Å². The first kappa shape index (κ1) is 22.3. The van der Waals surface area contributed by atoms with Gasteiger partial charge in [-0.05, 0) is 49.4 Å². The van der Waals surface area contributed by atoms with Gasteiger partial charge in [0.2, 0.25) is 10.0 Å². The molecule has 1 fully saturated rings. The molecule has 156 valence electrons. The fraction of sp³-hybridized carbons (Fsp3) is 0.579. The second kappa shape index (κ2) is 10.5. The van der Waals surface area contributed by atoms with E-state index in [1.165, 1.54) is 28.6 Å². The molecule has 2 rings (SSSR count). The molecule has 1 aromatic rings. The van der Waals surface area contributed by atoms with Gasteiger partial charge in [-0.2, -0.15) is 4.31 Å². The van der Waals surface area contributed by atoms with Crippen LogP contribution in [0.4, 0.5) is 0 Å². The van der Waals surface area contributed by atoms with E-state index in [4.69, 9.17) is 9.47 Å². The third-order valence-corrected chi connectivity index (χ3v) is 6.57. The number of carbonyl (C=O) groups is 2. The highest BCUT2D eigenvalue weighted by molar-refractivity contribution is 7.89. The van der Waals surface area contributed by atoms with Crippen LogP contribution < -0.4 is 5.32 Å². The minimum atomic E-state index is -3.56. The van der Waals surface area contributed by atoms with Gasteiger partial charge in [-0.15, -0.1) is 0 Å². The molecular formula is C19H28N2O6S. The third-order valence-electron chi connectivity index (χ3n) is 4.65. The highest BCUT2D eigenvalue weighted by Gasteiger charge is 2.28. The Hall–Kier alpha value is -1.97. The Labute approximate surface area is 166 Å². The van der Waals surface area contributed by atoms with E-state index in [2.05, 4.69) is 12.2 Å². The fourth-order valence-corrected chi connectivity index (χ4v) is 4.32. The first-order chi connectivity index (χ1) is 13.3. The van der Waals surface area contributed by atoms with Crippen molar-refractivity contribution in [1.82, 2.24) is 9.62 Å². The van der Waals surface area contributed by atoms with Crippen LogP contribution in [-0.4, -0.2) is 64.6 Å². The molecule has 1 aliphatic rings. The maximum Gasteiger partial charge on any atom is 0.338 e. The molecule has 0 spiro atoms. The summed E-state index contributed by atoms with van der Waals surface area (Å²) in [6.45, 7) is 3.71. The highest BCUT2D eigenvalue weighted by Crippen LogP contribution is 2.23. The maximum atomic E-state index is 12.7. The predicted octanol–water partition coefficient (Wildman–Crippen LogP) is 1.42. The summed E-state index contributed by atoms with van der Waals surface area (Å²) in [6, 6.07) is 5.60. The van der Waals surface area contributed by atoms with E-state index in [1.54, 1.807) is 7.11 Å². The summed E-state index contributed by atoms with van der Waals surface area (Å²) < 4.78 is 36.7. The van der Waals surface area contributed by atoms with E-state index in [0.29, 0.717) is 38.6 Å². The van der Waals surface area contributed by atoms with Crippen molar-refractivity contribution >= 4 is 21.9 Å². The highest BCUT2D eigenvalue weighted by atomic mass is 32.2. The van der Waals surface area contributed by atoms with Crippen LogP contribution in [0.25, 0.3) is 0 Å². The summed E-state index contributed by atoms with van der Waals surface area (Å²) in [5, 5.41) is 2.61. The van der Waals surface area contributed by atoms with Crippen molar-refractivity contribution in [3.05, 3.63) is 29.8 Å². The van der Waals surface area contributed by atoms with Gasteiger partial charge >= 0.3 is 5.97 Å². The molecule has 1 heterocycles. The Morgan fingerprint density at radius 2 is 1.82 bits per heavy atom. The minimum Gasteiger partial charge on any atom is -0.452 e. The van der Waals surface area contributed by atoms with Crippen LogP contribution in [0.2, 0.25) is 0 Å². The Morgan fingerprint density at radius 3 is 2.43 bits per heavy atom. The number of hydrogen-bond acceptors (Lipinski definition) is 6. The molecule has 0 radical (unpaired) electrons. The van der Waals surface area contributed by atoms with E-state index in [0.717, 1.165) is 12.8 Å². The standard InChI is InChI=1S/C19H28N2O6S/c1-15-8-11-21(12-9-15)28(24,25)17-6-4-16(5-7-17)19(23)27-14-18(22)20-10-3-13-26-2/h4-7,15H,3,8-14H2,1-2H3,(H,20,22). The van der Waals surface area contributed by atoms with E-state index >= 15 is 0 Å². The van der Waals surface area contributed by atoms with Gasteiger partial charge in [-0.3, -0.25) is 4.79 Å². The summed E-state index contributed by atoms with van der Waals surface area (Å²) in [6.07, 6.45) is 2.36. The first-order valence-electron chi connectivity index (χ1n) is 9.37. The van der Waals surface area contributed by atoms with Crippen LogP contribution in [0, 0.1) is 5.92 Å². The van der Waals surface area contributed by atoms with Crippen molar-refractivity contribution in [3.63, 3.8) is 0 Å². The molecule has 0 atom stereocenters. The number of benzene rings is 1. The van der Waals surface area contributed by atoms with Crippen LogP contribution in [0.5, 0.6) is 0 Å². The lowest BCUT2D eigenvalue weighted by Crippen LogP contribution is -2.37. The van der Waals surface area contributed by atoms with Crippen LogP contribution in [-0.2, 0) is 24.3 Å². The number of esters is 1. The number of carbonyl (C=O) groups excluding carboxylic acids is 2. The van der Waals surface area contributed by atoms with Crippen LogP contribution in [0.3, 0.4) is 0 Å². The Balaban J connectivity index is 1.87. The zero-order valence-electron chi connectivity index (χ0n) is 16.3. The molecule has 8 nitrogen and oxygen atoms in total. The quantitative estimate of drug-likeness (QED) is 0.486. The molecule has 0 saturated carbocycles. The Bertz CT molecular complexity index is 755. The average Bonchev–Trinajstić information content (AvgIpc) is 2.70. The lowest BCUT2D eigenvalue weighted by Gasteiger charge is -2.29. The first-order valence-corrected chi connectivity index (χ1v) is 10.8. The van der Waals surface area contributed by atoms with E-state index in [-0.39, 0.29) is 10.5 Å². The molecule has 1 N–H and O–H groups in total. The second-order valence-electron chi connectivity index (χ2n) is 6.88. The molecule has 1 aliphatic heterocycles. The van der Waals surface area contributed by atoms with Gasteiger partial charge < -0.3 is 14.8 Å². The summed E-state index contributed by atoms with van der Waals surface area (Å²) >= 11 is 0.